The summed E-state index contributed by atoms with van der Waals surface area (Å²) in [5.41, 5.74) is 2.40. The highest BCUT2D eigenvalue weighted by molar-refractivity contribution is 6.13. The van der Waals surface area contributed by atoms with Crippen LogP contribution in [0, 0.1) is 0 Å². The van der Waals surface area contributed by atoms with Crippen molar-refractivity contribution in [3.63, 3.8) is 0 Å². The van der Waals surface area contributed by atoms with Crippen molar-refractivity contribution >= 4 is 17.5 Å². The smallest absolute Gasteiger partial charge is 0.295 e. The molecular weight excluding hydrogens is 466 g/mol. The second-order valence-corrected chi connectivity index (χ2v) is 9.88. The Morgan fingerprint density at radius 1 is 1.03 bits per heavy atom. The first-order valence-electron chi connectivity index (χ1n) is 11.9. The van der Waals surface area contributed by atoms with Crippen LogP contribution in [0.2, 0.25) is 0 Å². The number of anilines is 1. The van der Waals surface area contributed by atoms with Gasteiger partial charge in [0.25, 0.3) is 12.3 Å². The van der Waals surface area contributed by atoms with Crippen LogP contribution in [0.1, 0.15) is 47.6 Å². The SMILES string of the molecule is CN1CCN(c2ccc3c(c2)C(=O)N(Cc2ccc(-c4ccc(C(F)F)o4)cn2)C(=O)C3(C)C)CC1. The summed E-state index contributed by atoms with van der Waals surface area (Å²) < 4.78 is 30.8. The molecule has 3 aromatic rings. The minimum absolute atomic E-state index is 0.0139. The number of carbonyl (C=O) groups is 2. The van der Waals surface area contributed by atoms with Gasteiger partial charge in [-0.2, -0.15) is 0 Å². The predicted molar refractivity (Wildman–Crippen MR) is 131 cm³/mol. The summed E-state index contributed by atoms with van der Waals surface area (Å²) in [6.45, 7) is 7.32. The highest BCUT2D eigenvalue weighted by atomic mass is 19.3. The number of hydrogen-bond acceptors (Lipinski definition) is 6. The number of carbonyl (C=O) groups excluding carboxylic acids is 2. The molecule has 2 aromatic heterocycles. The topological polar surface area (TPSA) is 69.9 Å². The number of fused-ring (bicyclic) bond motifs is 1. The van der Waals surface area contributed by atoms with E-state index in [1.807, 2.05) is 32.0 Å². The zero-order valence-corrected chi connectivity index (χ0v) is 20.5. The lowest BCUT2D eigenvalue weighted by Gasteiger charge is -2.39. The molecule has 2 aliphatic rings. The summed E-state index contributed by atoms with van der Waals surface area (Å²) in [6.07, 6.45) is -1.20. The molecule has 0 spiro atoms. The molecule has 0 radical (unpaired) electrons. The number of imide groups is 1. The Morgan fingerprint density at radius 3 is 2.42 bits per heavy atom. The maximum absolute atomic E-state index is 13.5. The van der Waals surface area contributed by atoms with Crippen molar-refractivity contribution in [2.24, 2.45) is 0 Å². The van der Waals surface area contributed by atoms with Gasteiger partial charge in [-0.1, -0.05) is 6.07 Å². The van der Waals surface area contributed by atoms with Gasteiger partial charge in [-0.3, -0.25) is 19.5 Å². The van der Waals surface area contributed by atoms with Crippen molar-refractivity contribution in [2.75, 3.05) is 38.1 Å². The van der Waals surface area contributed by atoms with Crippen molar-refractivity contribution in [3.8, 4) is 11.3 Å². The van der Waals surface area contributed by atoms with E-state index in [0.717, 1.165) is 37.4 Å². The highest BCUT2D eigenvalue weighted by Crippen LogP contribution is 2.37. The summed E-state index contributed by atoms with van der Waals surface area (Å²) in [5, 5.41) is 0. The number of benzene rings is 1. The fourth-order valence-corrected chi connectivity index (χ4v) is 4.80. The number of aromatic nitrogens is 1. The summed E-state index contributed by atoms with van der Waals surface area (Å²) in [4.78, 5) is 37.0. The summed E-state index contributed by atoms with van der Waals surface area (Å²) in [5.74, 6) is -0.758. The number of halogens is 2. The molecule has 4 heterocycles. The summed E-state index contributed by atoms with van der Waals surface area (Å²) in [6, 6.07) is 11.8. The van der Waals surface area contributed by atoms with Gasteiger partial charge in [0.15, 0.2) is 5.76 Å². The van der Waals surface area contributed by atoms with Crippen LogP contribution in [0.25, 0.3) is 11.3 Å². The number of furan rings is 1. The van der Waals surface area contributed by atoms with Gasteiger partial charge in [0.2, 0.25) is 5.91 Å². The average Bonchev–Trinajstić information content (AvgIpc) is 3.37. The molecule has 1 aromatic carbocycles. The minimum atomic E-state index is -2.69. The maximum atomic E-state index is 13.5. The minimum Gasteiger partial charge on any atom is -0.455 e. The van der Waals surface area contributed by atoms with E-state index in [-0.39, 0.29) is 24.1 Å². The van der Waals surface area contributed by atoms with Crippen LogP contribution >= 0.6 is 0 Å². The van der Waals surface area contributed by atoms with Gasteiger partial charge < -0.3 is 14.2 Å². The third-order valence-electron chi connectivity index (χ3n) is 7.07. The lowest BCUT2D eigenvalue weighted by atomic mass is 9.77. The molecule has 0 aliphatic carbocycles. The van der Waals surface area contributed by atoms with Crippen LogP contribution in [0.4, 0.5) is 14.5 Å². The number of likely N-dealkylation sites (N-methyl/N-ethyl adjacent to an activating group) is 1. The number of pyridine rings is 1. The first-order chi connectivity index (χ1) is 17.1. The first kappa shape index (κ1) is 24.1. The lowest BCUT2D eigenvalue weighted by Crippen LogP contribution is -2.51. The van der Waals surface area contributed by atoms with Gasteiger partial charge in [-0.05, 0) is 62.9 Å². The third-order valence-corrected chi connectivity index (χ3v) is 7.07. The van der Waals surface area contributed by atoms with Crippen molar-refractivity contribution < 1.29 is 22.8 Å². The Labute approximate surface area is 208 Å². The van der Waals surface area contributed by atoms with Gasteiger partial charge in [0, 0.05) is 49.2 Å². The number of hydrogen-bond donors (Lipinski definition) is 0. The standard InChI is InChI=1S/C27H28F2N4O3/c1-27(2)21-7-6-19(32-12-10-31(3)11-13-32)14-20(21)25(34)33(26(27)35)16-18-5-4-17(15-30-18)22-8-9-23(36-22)24(28)29/h4-9,14-15,24H,10-13,16H2,1-3H3. The van der Waals surface area contributed by atoms with Gasteiger partial charge in [0.05, 0.1) is 17.7 Å². The van der Waals surface area contributed by atoms with Gasteiger partial charge >= 0.3 is 0 Å². The number of nitrogens with zero attached hydrogens (tertiary/aromatic N) is 4. The monoisotopic (exact) mass is 494 g/mol. The molecule has 7 nitrogen and oxygen atoms in total. The fourth-order valence-electron chi connectivity index (χ4n) is 4.80. The number of piperazine rings is 1. The maximum Gasteiger partial charge on any atom is 0.295 e. The van der Waals surface area contributed by atoms with E-state index < -0.39 is 17.6 Å². The van der Waals surface area contributed by atoms with E-state index in [0.29, 0.717) is 16.8 Å². The van der Waals surface area contributed by atoms with E-state index in [1.165, 1.54) is 23.2 Å². The molecule has 188 valence electrons. The largest absolute Gasteiger partial charge is 0.455 e. The molecular formula is C27H28F2N4O3. The highest BCUT2D eigenvalue weighted by Gasteiger charge is 2.44. The molecule has 5 rings (SSSR count). The predicted octanol–water partition coefficient (Wildman–Crippen LogP) is 4.49. The third kappa shape index (κ3) is 4.28. The Bertz CT molecular complexity index is 1290. The van der Waals surface area contributed by atoms with Crippen LogP contribution in [0.15, 0.2) is 53.1 Å². The van der Waals surface area contributed by atoms with Gasteiger partial charge in [0.1, 0.15) is 5.76 Å². The Balaban J connectivity index is 1.39. The molecule has 1 saturated heterocycles. The quantitative estimate of drug-likeness (QED) is 0.487. The van der Waals surface area contributed by atoms with Crippen LogP contribution in [0.5, 0.6) is 0 Å². The Kier molecular flexibility index (Phi) is 6.12. The molecule has 1 fully saturated rings. The molecule has 0 unspecified atom stereocenters. The zero-order chi connectivity index (χ0) is 25.6. The van der Waals surface area contributed by atoms with Gasteiger partial charge in [-0.25, -0.2) is 8.78 Å². The molecule has 0 bridgehead atoms. The van der Waals surface area contributed by atoms with E-state index in [4.69, 9.17) is 4.42 Å². The Hall–Kier alpha value is -3.59. The Morgan fingerprint density at radius 2 is 1.78 bits per heavy atom. The van der Waals surface area contributed by atoms with Crippen LogP contribution in [0.3, 0.4) is 0 Å². The van der Waals surface area contributed by atoms with Gasteiger partial charge in [-0.15, -0.1) is 0 Å². The van der Waals surface area contributed by atoms with Crippen molar-refractivity contribution in [1.82, 2.24) is 14.8 Å². The van der Waals surface area contributed by atoms with E-state index in [1.54, 1.807) is 12.1 Å². The fraction of sp³-hybridized carbons (Fsp3) is 0.370. The molecule has 0 saturated carbocycles. The number of amides is 2. The molecule has 2 amide bonds. The number of rotatable bonds is 5. The van der Waals surface area contributed by atoms with E-state index >= 15 is 0 Å². The van der Waals surface area contributed by atoms with Crippen LogP contribution in [-0.2, 0) is 16.8 Å². The average molecular weight is 495 g/mol. The first-order valence-corrected chi connectivity index (χ1v) is 11.9. The normalized spacial score (nSPS) is 18.2. The van der Waals surface area contributed by atoms with E-state index in [9.17, 15) is 18.4 Å². The van der Waals surface area contributed by atoms with Crippen molar-refractivity contribution in [2.45, 2.75) is 32.2 Å². The second kappa shape index (κ2) is 9.13. The number of alkyl halides is 2. The molecule has 0 N–H and O–H groups in total. The lowest BCUT2D eigenvalue weighted by molar-refractivity contribution is -0.134. The van der Waals surface area contributed by atoms with Crippen LogP contribution in [-0.4, -0.2) is 59.8 Å². The van der Waals surface area contributed by atoms with Crippen molar-refractivity contribution in [1.29, 1.82) is 0 Å². The molecule has 2 aliphatic heterocycles. The molecule has 36 heavy (non-hydrogen) atoms. The second-order valence-electron chi connectivity index (χ2n) is 9.88. The molecule has 0 atom stereocenters. The summed E-state index contributed by atoms with van der Waals surface area (Å²) in [7, 11) is 2.09. The van der Waals surface area contributed by atoms with Crippen LogP contribution < -0.4 is 4.90 Å². The summed E-state index contributed by atoms with van der Waals surface area (Å²) >= 11 is 0. The van der Waals surface area contributed by atoms with E-state index in [2.05, 4.69) is 21.8 Å². The molecule has 9 heteroatoms. The van der Waals surface area contributed by atoms with Crippen molar-refractivity contribution in [3.05, 3.63) is 71.2 Å². The zero-order valence-electron chi connectivity index (χ0n) is 20.5.